The molecule has 1 atom stereocenters. The second-order valence-corrected chi connectivity index (χ2v) is 5.09. The highest BCUT2D eigenvalue weighted by atomic mass is 35.5. The third-order valence-corrected chi connectivity index (χ3v) is 3.54. The first-order valence-corrected chi connectivity index (χ1v) is 6.72. The molecule has 1 amide bonds. The normalized spacial score (nSPS) is 15.5. The van der Waals surface area contributed by atoms with E-state index >= 15 is 0 Å². The second kappa shape index (κ2) is 7.51. The number of hydrogen-bond donors (Lipinski definition) is 2. The molecule has 1 fully saturated rings. The first kappa shape index (κ1) is 16.0. The summed E-state index contributed by atoms with van der Waals surface area (Å²) in [6.45, 7) is 2.85. The summed E-state index contributed by atoms with van der Waals surface area (Å²) < 4.78 is 0. The zero-order valence-electron chi connectivity index (χ0n) is 11.6. The Balaban J connectivity index is 0.00000180. The number of nitrogens with one attached hydrogen (secondary N) is 2. The third kappa shape index (κ3) is 4.51. The Morgan fingerprint density at radius 3 is 2.63 bits per heavy atom. The lowest BCUT2D eigenvalue weighted by atomic mass is 9.97. The van der Waals surface area contributed by atoms with Crippen LogP contribution < -0.4 is 10.6 Å². The maximum absolute atomic E-state index is 11.9. The molecule has 0 radical (unpaired) electrons. The lowest BCUT2D eigenvalue weighted by molar-refractivity contribution is -0.121. The monoisotopic (exact) mass is 282 g/mol. The predicted molar refractivity (Wildman–Crippen MR) is 80.6 cm³/mol. The van der Waals surface area contributed by atoms with Crippen LogP contribution in [0.3, 0.4) is 0 Å². The van der Waals surface area contributed by atoms with Gasteiger partial charge in [0.15, 0.2) is 0 Å². The molecule has 3 nitrogen and oxygen atoms in total. The van der Waals surface area contributed by atoms with E-state index in [1.165, 1.54) is 24.0 Å². The molecule has 1 unspecified atom stereocenters. The summed E-state index contributed by atoms with van der Waals surface area (Å²) in [7, 11) is 1.87. The van der Waals surface area contributed by atoms with Crippen LogP contribution in [0.1, 0.15) is 36.4 Å². The van der Waals surface area contributed by atoms with Gasteiger partial charge in [0.1, 0.15) is 0 Å². The molecule has 2 N–H and O–H groups in total. The minimum atomic E-state index is 0. The maximum Gasteiger partial charge on any atom is 0.221 e. The Morgan fingerprint density at radius 1 is 1.37 bits per heavy atom. The van der Waals surface area contributed by atoms with E-state index in [-0.39, 0.29) is 24.4 Å². The van der Waals surface area contributed by atoms with Gasteiger partial charge in [0.05, 0.1) is 6.04 Å². The van der Waals surface area contributed by atoms with Crippen molar-refractivity contribution in [2.75, 3.05) is 13.6 Å². The zero-order valence-corrected chi connectivity index (χ0v) is 12.4. The molecule has 1 saturated carbocycles. The molecule has 1 aliphatic carbocycles. The molecule has 1 aliphatic rings. The van der Waals surface area contributed by atoms with E-state index < -0.39 is 0 Å². The topological polar surface area (TPSA) is 41.1 Å². The Labute approximate surface area is 121 Å². The number of benzene rings is 1. The van der Waals surface area contributed by atoms with E-state index in [2.05, 4.69) is 35.8 Å². The predicted octanol–water partition coefficient (Wildman–Crippen LogP) is 2.59. The van der Waals surface area contributed by atoms with Crippen molar-refractivity contribution in [2.24, 2.45) is 5.92 Å². The standard InChI is InChI=1S/C15H22N2O.ClH/c1-11-5-3-4-6-13(11)15(12-7-8-12)17-14(18)9-10-16-2;/h3-6,12,15-16H,7-10H2,1-2H3,(H,17,18);1H. The summed E-state index contributed by atoms with van der Waals surface area (Å²) >= 11 is 0. The van der Waals surface area contributed by atoms with Crippen LogP contribution in [-0.4, -0.2) is 19.5 Å². The summed E-state index contributed by atoms with van der Waals surface area (Å²) in [5.74, 6) is 0.772. The van der Waals surface area contributed by atoms with Gasteiger partial charge < -0.3 is 10.6 Å². The van der Waals surface area contributed by atoms with Crippen molar-refractivity contribution in [2.45, 2.75) is 32.2 Å². The molecule has 106 valence electrons. The van der Waals surface area contributed by atoms with Crippen LogP contribution in [0.15, 0.2) is 24.3 Å². The van der Waals surface area contributed by atoms with Crippen LogP contribution in [0, 0.1) is 12.8 Å². The van der Waals surface area contributed by atoms with Crippen LogP contribution in [0.25, 0.3) is 0 Å². The van der Waals surface area contributed by atoms with Crippen LogP contribution in [0.5, 0.6) is 0 Å². The van der Waals surface area contributed by atoms with E-state index in [1.807, 2.05) is 13.1 Å². The minimum absolute atomic E-state index is 0. The van der Waals surface area contributed by atoms with Crippen molar-refractivity contribution in [1.29, 1.82) is 0 Å². The number of rotatable bonds is 6. The van der Waals surface area contributed by atoms with Gasteiger partial charge in [-0.25, -0.2) is 0 Å². The third-order valence-electron chi connectivity index (χ3n) is 3.54. The molecule has 0 aromatic heterocycles. The number of carbonyl (C=O) groups is 1. The minimum Gasteiger partial charge on any atom is -0.349 e. The molecule has 0 aliphatic heterocycles. The van der Waals surface area contributed by atoms with E-state index in [9.17, 15) is 4.79 Å². The van der Waals surface area contributed by atoms with Gasteiger partial charge in [-0.15, -0.1) is 12.4 Å². The Bertz CT molecular complexity index is 418. The summed E-state index contributed by atoms with van der Waals surface area (Å²) in [6.07, 6.45) is 3.00. The Morgan fingerprint density at radius 2 is 2.05 bits per heavy atom. The van der Waals surface area contributed by atoms with E-state index in [0.29, 0.717) is 12.3 Å². The van der Waals surface area contributed by atoms with E-state index in [1.54, 1.807) is 0 Å². The second-order valence-electron chi connectivity index (χ2n) is 5.09. The van der Waals surface area contributed by atoms with Gasteiger partial charge in [0.25, 0.3) is 0 Å². The average Bonchev–Trinajstić information content (AvgIpc) is 3.19. The largest absolute Gasteiger partial charge is 0.349 e. The fraction of sp³-hybridized carbons (Fsp3) is 0.533. The van der Waals surface area contributed by atoms with Gasteiger partial charge in [-0.1, -0.05) is 24.3 Å². The van der Waals surface area contributed by atoms with Gasteiger partial charge in [0, 0.05) is 13.0 Å². The van der Waals surface area contributed by atoms with Gasteiger partial charge >= 0.3 is 0 Å². The van der Waals surface area contributed by atoms with Gasteiger partial charge in [0.2, 0.25) is 5.91 Å². The Kier molecular flexibility index (Phi) is 6.32. The van der Waals surface area contributed by atoms with E-state index in [0.717, 1.165) is 6.54 Å². The Hall–Kier alpha value is -1.06. The average molecular weight is 283 g/mol. The smallest absolute Gasteiger partial charge is 0.221 e. The van der Waals surface area contributed by atoms with Gasteiger partial charge in [-0.05, 0) is 43.9 Å². The lowest BCUT2D eigenvalue weighted by Crippen LogP contribution is -2.32. The van der Waals surface area contributed by atoms with Crippen LogP contribution in [-0.2, 0) is 4.79 Å². The SMILES string of the molecule is CNCCC(=O)NC(c1ccccc1C)C1CC1.Cl. The number of carbonyl (C=O) groups excluding carboxylic acids is 1. The first-order valence-electron chi connectivity index (χ1n) is 6.72. The van der Waals surface area contributed by atoms with Crippen LogP contribution >= 0.6 is 12.4 Å². The zero-order chi connectivity index (χ0) is 13.0. The molecule has 0 saturated heterocycles. The lowest BCUT2D eigenvalue weighted by Gasteiger charge is -2.20. The molecule has 19 heavy (non-hydrogen) atoms. The van der Waals surface area contributed by atoms with Crippen molar-refractivity contribution < 1.29 is 4.79 Å². The fourth-order valence-corrected chi connectivity index (χ4v) is 2.30. The molecule has 1 aromatic carbocycles. The van der Waals surface area contributed by atoms with Crippen molar-refractivity contribution in [3.05, 3.63) is 35.4 Å². The molecular weight excluding hydrogens is 260 g/mol. The van der Waals surface area contributed by atoms with Crippen LogP contribution in [0.4, 0.5) is 0 Å². The maximum atomic E-state index is 11.9. The molecule has 0 bridgehead atoms. The van der Waals surface area contributed by atoms with Gasteiger partial charge in [-0.2, -0.15) is 0 Å². The molecule has 0 heterocycles. The van der Waals surface area contributed by atoms with Crippen LogP contribution in [0.2, 0.25) is 0 Å². The van der Waals surface area contributed by atoms with Crippen molar-refractivity contribution >= 4 is 18.3 Å². The summed E-state index contributed by atoms with van der Waals surface area (Å²) in [4.78, 5) is 11.9. The van der Waals surface area contributed by atoms with Crippen molar-refractivity contribution in [3.8, 4) is 0 Å². The van der Waals surface area contributed by atoms with Crippen molar-refractivity contribution in [3.63, 3.8) is 0 Å². The summed E-state index contributed by atoms with van der Waals surface area (Å²) in [5, 5.41) is 6.20. The number of aryl methyl sites for hydroxylation is 1. The van der Waals surface area contributed by atoms with Crippen molar-refractivity contribution in [1.82, 2.24) is 10.6 Å². The quantitative estimate of drug-likeness (QED) is 0.842. The highest BCUT2D eigenvalue weighted by Crippen LogP contribution is 2.41. The summed E-state index contributed by atoms with van der Waals surface area (Å²) in [5.41, 5.74) is 2.54. The van der Waals surface area contributed by atoms with E-state index in [4.69, 9.17) is 0 Å². The number of hydrogen-bond acceptors (Lipinski definition) is 2. The summed E-state index contributed by atoms with van der Waals surface area (Å²) in [6, 6.07) is 8.56. The highest BCUT2D eigenvalue weighted by molar-refractivity contribution is 5.85. The molecule has 2 rings (SSSR count). The number of halogens is 1. The molecule has 4 heteroatoms. The molecule has 1 aromatic rings. The number of amides is 1. The molecular formula is C15H23ClN2O. The highest BCUT2D eigenvalue weighted by Gasteiger charge is 2.33. The van der Waals surface area contributed by atoms with Gasteiger partial charge in [-0.3, -0.25) is 4.79 Å². The first-order chi connectivity index (χ1) is 8.72. The molecule has 0 spiro atoms. The fourth-order valence-electron chi connectivity index (χ4n) is 2.30.